The van der Waals surface area contributed by atoms with Crippen molar-refractivity contribution in [3.63, 3.8) is 0 Å². The first kappa shape index (κ1) is 13.2. The van der Waals surface area contributed by atoms with Crippen LogP contribution >= 0.6 is 0 Å². The summed E-state index contributed by atoms with van der Waals surface area (Å²) in [6.45, 7) is 10.7. The maximum Gasteiger partial charge on any atom is 0.0603 e. The topological polar surface area (TPSA) is 20.2 Å². The van der Waals surface area contributed by atoms with Crippen LogP contribution in [0.4, 0.5) is 0 Å². The molecule has 0 aliphatic heterocycles. The summed E-state index contributed by atoms with van der Waals surface area (Å²) in [7, 11) is 0. The summed E-state index contributed by atoms with van der Waals surface area (Å²) < 4.78 is 0. The molecule has 0 aliphatic rings. The first-order valence-electron chi connectivity index (χ1n) is 6.14. The van der Waals surface area contributed by atoms with Gasteiger partial charge in [0.2, 0.25) is 0 Å². The second-order valence-corrected chi connectivity index (χ2v) is 5.64. The molecule has 0 aromatic heterocycles. The highest BCUT2D eigenvalue weighted by atomic mass is 16.3. The molecular formula is C15H24O. The molecule has 0 fully saturated rings. The highest BCUT2D eigenvalue weighted by molar-refractivity contribution is 5.29. The van der Waals surface area contributed by atoms with Gasteiger partial charge in [0, 0.05) is 5.92 Å². The van der Waals surface area contributed by atoms with Gasteiger partial charge in [0.05, 0.1) is 6.10 Å². The number of aliphatic hydroxyl groups is 1. The van der Waals surface area contributed by atoms with Crippen LogP contribution in [0.2, 0.25) is 0 Å². The van der Waals surface area contributed by atoms with E-state index in [0.29, 0.717) is 0 Å². The van der Waals surface area contributed by atoms with Crippen molar-refractivity contribution in [3.05, 3.63) is 35.4 Å². The SMILES string of the molecule is CCC(O)C(C)c1ccc(C(C)(C)C)cc1. The van der Waals surface area contributed by atoms with E-state index < -0.39 is 0 Å². The molecule has 0 saturated carbocycles. The highest BCUT2D eigenvalue weighted by Gasteiger charge is 2.16. The minimum atomic E-state index is -0.236. The van der Waals surface area contributed by atoms with E-state index in [9.17, 15) is 5.11 Å². The summed E-state index contributed by atoms with van der Waals surface area (Å²) in [6, 6.07) is 8.64. The van der Waals surface area contributed by atoms with Gasteiger partial charge in [-0.2, -0.15) is 0 Å². The van der Waals surface area contributed by atoms with Gasteiger partial charge in [0.15, 0.2) is 0 Å². The lowest BCUT2D eigenvalue weighted by Gasteiger charge is -2.22. The number of hydrogen-bond donors (Lipinski definition) is 1. The van der Waals surface area contributed by atoms with Crippen molar-refractivity contribution >= 4 is 0 Å². The third-order valence-corrected chi connectivity index (χ3v) is 3.30. The average molecular weight is 220 g/mol. The molecule has 0 heterocycles. The molecular weight excluding hydrogens is 196 g/mol. The van der Waals surface area contributed by atoms with Gasteiger partial charge in [0.1, 0.15) is 0 Å². The molecule has 90 valence electrons. The van der Waals surface area contributed by atoms with Gasteiger partial charge < -0.3 is 5.11 Å². The lowest BCUT2D eigenvalue weighted by molar-refractivity contribution is 0.145. The van der Waals surface area contributed by atoms with Crippen molar-refractivity contribution in [1.82, 2.24) is 0 Å². The fourth-order valence-corrected chi connectivity index (χ4v) is 1.86. The van der Waals surface area contributed by atoms with Crippen molar-refractivity contribution in [2.24, 2.45) is 0 Å². The molecule has 1 aromatic rings. The zero-order chi connectivity index (χ0) is 12.3. The molecule has 1 heteroatoms. The monoisotopic (exact) mass is 220 g/mol. The second kappa shape index (κ2) is 5.01. The molecule has 0 bridgehead atoms. The first-order chi connectivity index (χ1) is 7.36. The van der Waals surface area contributed by atoms with Crippen LogP contribution in [0.1, 0.15) is 58.1 Å². The Morgan fingerprint density at radius 2 is 1.62 bits per heavy atom. The molecule has 0 saturated heterocycles. The van der Waals surface area contributed by atoms with Crippen LogP contribution in [0.25, 0.3) is 0 Å². The summed E-state index contributed by atoms with van der Waals surface area (Å²) in [5, 5.41) is 9.81. The Labute approximate surface area is 99.5 Å². The standard InChI is InChI=1S/C15H24O/c1-6-14(16)11(2)12-7-9-13(10-8-12)15(3,4)5/h7-11,14,16H,6H2,1-5H3. The van der Waals surface area contributed by atoms with Gasteiger partial charge in [-0.1, -0.05) is 58.9 Å². The predicted octanol–water partition coefficient (Wildman–Crippen LogP) is 3.86. The van der Waals surface area contributed by atoms with Crippen LogP contribution in [0.5, 0.6) is 0 Å². The Bertz CT molecular complexity index is 318. The zero-order valence-corrected chi connectivity index (χ0v) is 11.1. The Morgan fingerprint density at radius 1 is 1.12 bits per heavy atom. The smallest absolute Gasteiger partial charge is 0.0603 e. The van der Waals surface area contributed by atoms with E-state index >= 15 is 0 Å². The van der Waals surface area contributed by atoms with Crippen molar-refractivity contribution in [3.8, 4) is 0 Å². The highest BCUT2D eigenvalue weighted by Crippen LogP contribution is 2.26. The third kappa shape index (κ3) is 3.08. The Kier molecular flexibility index (Phi) is 4.15. The van der Waals surface area contributed by atoms with Crippen LogP contribution in [0.15, 0.2) is 24.3 Å². The van der Waals surface area contributed by atoms with E-state index in [1.165, 1.54) is 11.1 Å². The van der Waals surface area contributed by atoms with Crippen molar-refractivity contribution in [1.29, 1.82) is 0 Å². The Morgan fingerprint density at radius 3 is 2.00 bits per heavy atom. The molecule has 0 aliphatic carbocycles. The van der Waals surface area contributed by atoms with E-state index in [0.717, 1.165) is 6.42 Å². The zero-order valence-electron chi connectivity index (χ0n) is 11.1. The second-order valence-electron chi connectivity index (χ2n) is 5.64. The largest absolute Gasteiger partial charge is 0.393 e. The molecule has 1 rings (SSSR count). The first-order valence-corrected chi connectivity index (χ1v) is 6.14. The molecule has 0 amide bonds. The minimum absolute atomic E-state index is 0.200. The fourth-order valence-electron chi connectivity index (χ4n) is 1.86. The fraction of sp³-hybridized carbons (Fsp3) is 0.600. The molecule has 1 N–H and O–H groups in total. The number of hydrogen-bond acceptors (Lipinski definition) is 1. The van der Waals surface area contributed by atoms with Crippen molar-refractivity contribution < 1.29 is 5.11 Å². The third-order valence-electron chi connectivity index (χ3n) is 3.30. The van der Waals surface area contributed by atoms with Crippen LogP contribution in [0.3, 0.4) is 0 Å². The number of aliphatic hydroxyl groups excluding tert-OH is 1. The van der Waals surface area contributed by atoms with Gasteiger partial charge in [-0.15, -0.1) is 0 Å². The average Bonchev–Trinajstić information content (AvgIpc) is 2.26. The Hall–Kier alpha value is -0.820. The number of benzene rings is 1. The van der Waals surface area contributed by atoms with Gasteiger partial charge in [-0.25, -0.2) is 0 Å². The van der Waals surface area contributed by atoms with Gasteiger partial charge in [0.25, 0.3) is 0 Å². The molecule has 1 aromatic carbocycles. The molecule has 1 nitrogen and oxygen atoms in total. The van der Waals surface area contributed by atoms with E-state index in [2.05, 4.69) is 52.0 Å². The molecule has 2 unspecified atom stereocenters. The van der Waals surface area contributed by atoms with Crippen LogP contribution in [-0.2, 0) is 5.41 Å². The van der Waals surface area contributed by atoms with Crippen molar-refractivity contribution in [2.45, 2.75) is 58.5 Å². The summed E-state index contributed by atoms with van der Waals surface area (Å²) in [5.41, 5.74) is 2.77. The van der Waals surface area contributed by atoms with Crippen LogP contribution < -0.4 is 0 Å². The van der Waals surface area contributed by atoms with Gasteiger partial charge >= 0.3 is 0 Å². The quantitative estimate of drug-likeness (QED) is 0.820. The van der Waals surface area contributed by atoms with Crippen LogP contribution in [0, 0.1) is 0 Å². The molecule has 16 heavy (non-hydrogen) atoms. The lowest BCUT2D eigenvalue weighted by atomic mass is 9.85. The van der Waals surface area contributed by atoms with Crippen molar-refractivity contribution in [2.75, 3.05) is 0 Å². The number of rotatable bonds is 3. The molecule has 0 spiro atoms. The van der Waals surface area contributed by atoms with E-state index in [4.69, 9.17) is 0 Å². The lowest BCUT2D eigenvalue weighted by Crippen LogP contribution is -2.15. The van der Waals surface area contributed by atoms with Gasteiger partial charge in [-0.3, -0.25) is 0 Å². The Balaban J connectivity index is 2.87. The molecule has 0 radical (unpaired) electrons. The van der Waals surface area contributed by atoms with E-state index in [1.807, 2.05) is 6.92 Å². The minimum Gasteiger partial charge on any atom is -0.393 e. The summed E-state index contributed by atoms with van der Waals surface area (Å²) >= 11 is 0. The van der Waals surface area contributed by atoms with E-state index in [-0.39, 0.29) is 17.4 Å². The predicted molar refractivity (Wildman–Crippen MR) is 69.9 cm³/mol. The summed E-state index contributed by atoms with van der Waals surface area (Å²) in [5.74, 6) is 0.221. The summed E-state index contributed by atoms with van der Waals surface area (Å²) in [6.07, 6.45) is 0.572. The molecule has 2 atom stereocenters. The maximum absolute atomic E-state index is 9.81. The van der Waals surface area contributed by atoms with E-state index in [1.54, 1.807) is 0 Å². The maximum atomic E-state index is 9.81. The summed E-state index contributed by atoms with van der Waals surface area (Å²) in [4.78, 5) is 0. The van der Waals surface area contributed by atoms with Crippen LogP contribution in [-0.4, -0.2) is 11.2 Å². The van der Waals surface area contributed by atoms with Gasteiger partial charge in [-0.05, 0) is 23.0 Å². The normalized spacial score (nSPS) is 15.9.